The van der Waals surface area contributed by atoms with Crippen LogP contribution >= 0.6 is 15.9 Å². The van der Waals surface area contributed by atoms with Crippen LogP contribution in [0.25, 0.3) is 0 Å². The average molecular weight is 286 g/mol. The third-order valence-corrected chi connectivity index (χ3v) is 3.12. The van der Waals surface area contributed by atoms with Crippen molar-refractivity contribution in [2.24, 2.45) is 0 Å². The fourth-order valence-electron chi connectivity index (χ4n) is 1.38. The first kappa shape index (κ1) is 13.2. The van der Waals surface area contributed by atoms with E-state index < -0.39 is 0 Å². The molecular weight excluding hydrogens is 270 g/mol. The molecule has 3 nitrogen and oxygen atoms in total. The van der Waals surface area contributed by atoms with Gasteiger partial charge in [-0.25, -0.2) is 0 Å². The van der Waals surface area contributed by atoms with Crippen LogP contribution in [0, 0.1) is 0 Å². The van der Waals surface area contributed by atoms with Crippen molar-refractivity contribution in [2.75, 3.05) is 27.2 Å². The summed E-state index contributed by atoms with van der Waals surface area (Å²) in [7, 11) is 3.32. The number of carbonyl (C=O) groups excluding carboxylic acids is 1. The van der Waals surface area contributed by atoms with Crippen LogP contribution in [-0.4, -0.2) is 38.1 Å². The molecule has 88 valence electrons. The lowest BCUT2D eigenvalue weighted by Gasteiger charge is -2.15. The second-order valence-corrected chi connectivity index (χ2v) is 4.51. The summed E-state index contributed by atoms with van der Waals surface area (Å²) in [6, 6.07) is 8.11. The average Bonchev–Trinajstić information content (AvgIpc) is 2.28. The topological polar surface area (TPSA) is 29.5 Å². The number of carbonyl (C=O) groups is 1. The van der Waals surface area contributed by atoms with E-state index in [2.05, 4.69) is 26.7 Å². The fraction of sp³-hybridized carbons (Fsp3) is 0.417. The van der Waals surface area contributed by atoms with E-state index in [0.29, 0.717) is 6.54 Å². The van der Waals surface area contributed by atoms with Gasteiger partial charge in [0.15, 0.2) is 0 Å². The number of nitrogens with zero attached hydrogens (tertiary/aromatic N) is 1. The van der Waals surface area contributed by atoms with Crippen LogP contribution in [0.1, 0.15) is 5.56 Å². The zero-order valence-corrected chi connectivity index (χ0v) is 11.2. The van der Waals surface area contributed by atoms with Gasteiger partial charge in [0.05, 0.1) is 13.7 Å². The molecule has 0 aliphatic heterocycles. The maximum absolute atomic E-state index is 11.0. The number of hydrogen-bond donors (Lipinski definition) is 0. The summed E-state index contributed by atoms with van der Waals surface area (Å²) in [5.41, 5.74) is 1.25. The van der Waals surface area contributed by atoms with Crippen LogP contribution in [0.4, 0.5) is 0 Å². The number of methoxy groups -OCH3 is 1. The van der Waals surface area contributed by atoms with Gasteiger partial charge in [-0.15, -0.1) is 0 Å². The quantitative estimate of drug-likeness (QED) is 0.776. The Bertz CT molecular complexity index is 355. The molecule has 0 fully saturated rings. The fourth-order valence-corrected chi connectivity index (χ4v) is 1.86. The first-order valence-electron chi connectivity index (χ1n) is 5.12. The van der Waals surface area contributed by atoms with Gasteiger partial charge in [0.1, 0.15) is 0 Å². The molecule has 16 heavy (non-hydrogen) atoms. The number of likely N-dealkylation sites (N-methyl/N-ethyl adjacent to an activating group) is 1. The predicted octanol–water partition coefficient (Wildman–Crippen LogP) is 2.10. The summed E-state index contributed by atoms with van der Waals surface area (Å²) in [4.78, 5) is 13.0. The largest absolute Gasteiger partial charge is 0.468 e. The Balaban J connectivity index is 2.40. The smallest absolute Gasteiger partial charge is 0.319 e. The molecule has 0 amide bonds. The molecule has 0 spiro atoms. The monoisotopic (exact) mass is 285 g/mol. The van der Waals surface area contributed by atoms with Crippen molar-refractivity contribution in [3.8, 4) is 0 Å². The van der Waals surface area contributed by atoms with E-state index in [4.69, 9.17) is 0 Å². The number of halogens is 1. The molecule has 0 bridgehead atoms. The highest BCUT2D eigenvalue weighted by molar-refractivity contribution is 9.10. The van der Waals surface area contributed by atoms with Crippen LogP contribution in [0.5, 0.6) is 0 Å². The number of rotatable bonds is 5. The molecular formula is C12H16BrNO2. The number of ether oxygens (including phenoxy) is 1. The normalized spacial score (nSPS) is 10.5. The zero-order valence-electron chi connectivity index (χ0n) is 9.57. The maximum atomic E-state index is 11.0. The van der Waals surface area contributed by atoms with Crippen LogP contribution in [0.3, 0.4) is 0 Å². The lowest BCUT2D eigenvalue weighted by atomic mass is 10.1. The van der Waals surface area contributed by atoms with Crippen LogP contribution in [-0.2, 0) is 16.0 Å². The van der Waals surface area contributed by atoms with Gasteiger partial charge in [-0.3, -0.25) is 9.69 Å². The van der Waals surface area contributed by atoms with Crippen LogP contribution in [0.15, 0.2) is 28.7 Å². The Kier molecular flexibility index (Phi) is 5.49. The Labute approximate surface area is 105 Å². The molecule has 0 unspecified atom stereocenters. The molecule has 4 heteroatoms. The first-order chi connectivity index (χ1) is 7.63. The van der Waals surface area contributed by atoms with E-state index in [-0.39, 0.29) is 5.97 Å². The van der Waals surface area contributed by atoms with Gasteiger partial charge < -0.3 is 4.74 Å². The van der Waals surface area contributed by atoms with E-state index in [9.17, 15) is 4.79 Å². The van der Waals surface area contributed by atoms with Crippen LogP contribution in [0.2, 0.25) is 0 Å². The molecule has 1 aromatic carbocycles. The van der Waals surface area contributed by atoms with E-state index in [1.54, 1.807) is 0 Å². The van der Waals surface area contributed by atoms with Gasteiger partial charge in [-0.2, -0.15) is 0 Å². The second kappa shape index (κ2) is 6.66. The second-order valence-electron chi connectivity index (χ2n) is 3.66. The highest BCUT2D eigenvalue weighted by Crippen LogP contribution is 2.16. The van der Waals surface area contributed by atoms with Gasteiger partial charge in [0.25, 0.3) is 0 Å². The van der Waals surface area contributed by atoms with Gasteiger partial charge in [0.2, 0.25) is 0 Å². The van der Waals surface area contributed by atoms with E-state index >= 15 is 0 Å². The lowest BCUT2D eigenvalue weighted by Crippen LogP contribution is -2.28. The molecule has 0 aliphatic rings. The highest BCUT2D eigenvalue weighted by Gasteiger charge is 2.06. The zero-order chi connectivity index (χ0) is 12.0. The Morgan fingerprint density at radius 3 is 2.75 bits per heavy atom. The molecule has 0 radical (unpaired) electrons. The Morgan fingerprint density at radius 1 is 1.44 bits per heavy atom. The Hall–Kier alpha value is -0.870. The molecule has 0 saturated heterocycles. The third-order valence-electron chi connectivity index (χ3n) is 2.35. The first-order valence-corrected chi connectivity index (χ1v) is 5.91. The van der Waals surface area contributed by atoms with Crippen molar-refractivity contribution >= 4 is 21.9 Å². The van der Waals surface area contributed by atoms with Gasteiger partial charge in [-0.05, 0) is 25.1 Å². The molecule has 0 aromatic heterocycles. The minimum atomic E-state index is -0.199. The summed E-state index contributed by atoms with van der Waals surface area (Å²) in [6.45, 7) is 1.17. The van der Waals surface area contributed by atoms with Crippen molar-refractivity contribution in [2.45, 2.75) is 6.42 Å². The van der Waals surface area contributed by atoms with Gasteiger partial charge in [-0.1, -0.05) is 34.1 Å². The van der Waals surface area contributed by atoms with Crippen molar-refractivity contribution in [1.29, 1.82) is 0 Å². The molecule has 0 N–H and O–H groups in total. The van der Waals surface area contributed by atoms with Gasteiger partial charge >= 0.3 is 5.97 Å². The molecule has 0 aliphatic carbocycles. The van der Waals surface area contributed by atoms with E-state index in [1.807, 2.05) is 30.1 Å². The summed E-state index contributed by atoms with van der Waals surface area (Å²) in [6.07, 6.45) is 0.912. The molecule has 0 atom stereocenters. The summed E-state index contributed by atoms with van der Waals surface area (Å²) >= 11 is 3.50. The number of benzene rings is 1. The van der Waals surface area contributed by atoms with Crippen molar-refractivity contribution < 1.29 is 9.53 Å². The van der Waals surface area contributed by atoms with Crippen LogP contribution < -0.4 is 0 Å². The standard InChI is InChI=1S/C12H16BrNO2/c1-14(9-12(15)16-2)8-7-10-5-3-4-6-11(10)13/h3-6H,7-9H2,1-2H3. The predicted molar refractivity (Wildman–Crippen MR) is 67.4 cm³/mol. The number of hydrogen-bond acceptors (Lipinski definition) is 3. The van der Waals surface area contributed by atoms with Gasteiger partial charge in [0, 0.05) is 11.0 Å². The SMILES string of the molecule is COC(=O)CN(C)CCc1ccccc1Br. The maximum Gasteiger partial charge on any atom is 0.319 e. The summed E-state index contributed by atoms with van der Waals surface area (Å²) in [5.74, 6) is -0.199. The van der Waals surface area contributed by atoms with E-state index in [0.717, 1.165) is 17.4 Å². The van der Waals surface area contributed by atoms with Crippen molar-refractivity contribution in [3.05, 3.63) is 34.3 Å². The van der Waals surface area contributed by atoms with E-state index in [1.165, 1.54) is 12.7 Å². The molecule has 1 aromatic rings. The summed E-state index contributed by atoms with van der Waals surface area (Å²) in [5, 5.41) is 0. The Morgan fingerprint density at radius 2 is 2.12 bits per heavy atom. The molecule has 0 heterocycles. The van der Waals surface area contributed by atoms with Crippen molar-refractivity contribution in [3.63, 3.8) is 0 Å². The lowest BCUT2D eigenvalue weighted by molar-refractivity contribution is -0.141. The minimum Gasteiger partial charge on any atom is -0.468 e. The number of esters is 1. The van der Waals surface area contributed by atoms with Crippen molar-refractivity contribution in [1.82, 2.24) is 4.90 Å². The molecule has 1 rings (SSSR count). The molecule has 0 saturated carbocycles. The summed E-state index contributed by atoms with van der Waals surface area (Å²) < 4.78 is 5.72. The highest BCUT2D eigenvalue weighted by atomic mass is 79.9. The third kappa shape index (κ3) is 4.33. The minimum absolute atomic E-state index is 0.199.